The van der Waals surface area contributed by atoms with Crippen molar-refractivity contribution in [2.24, 2.45) is 11.5 Å². The molecule has 0 bridgehead atoms. The van der Waals surface area contributed by atoms with Gasteiger partial charge in [-0.3, -0.25) is 14.4 Å². The standard InChI is InChI=1S/C22H31FN6O.C10H10FNO.C6H12O2/c1-3-10-28(11-4-2)18-9-8-16(14-17(18)23)26-22-20(21(24)30)25-15-19(27-22)29-12-6-5-7-13-29;11-9-5-7(6-1-2-6)3-4-8(9)10(12)13;1-5(7)8-6(2,3)4/h8-9,14-15H,3-7,10-13H2,1-2H3,(H2,24,30)(H,26,27);3-6H,1-2H2,(H2,12,13);1-4H3. The quantitative estimate of drug-likeness (QED) is 0.175. The number of piperidine rings is 1. The van der Waals surface area contributed by atoms with Gasteiger partial charge >= 0.3 is 5.97 Å². The van der Waals surface area contributed by atoms with Crippen LogP contribution in [0.1, 0.15) is 119 Å². The Morgan fingerprint density at radius 2 is 1.59 bits per heavy atom. The monoisotopic (exact) mass is 709 g/mol. The van der Waals surface area contributed by atoms with Crippen molar-refractivity contribution in [1.29, 1.82) is 0 Å². The van der Waals surface area contributed by atoms with Gasteiger partial charge in [-0.25, -0.2) is 18.7 Å². The molecule has 1 aliphatic carbocycles. The van der Waals surface area contributed by atoms with Crippen molar-refractivity contribution in [2.45, 2.75) is 98.0 Å². The molecule has 2 amide bonds. The van der Waals surface area contributed by atoms with E-state index < -0.39 is 17.6 Å². The molecule has 1 saturated carbocycles. The van der Waals surface area contributed by atoms with Crippen LogP contribution in [-0.2, 0) is 9.53 Å². The Kier molecular flexibility index (Phi) is 15.1. The summed E-state index contributed by atoms with van der Waals surface area (Å²) in [6, 6.07) is 9.63. The van der Waals surface area contributed by atoms with Gasteiger partial charge in [-0.15, -0.1) is 0 Å². The zero-order valence-electron chi connectivity index (χ0n) is 30.7. The maximum absolute atomic E-state index is 14.9. The lowest BCUT2D eigenvalue weighted by atomic mass is 10.1. The molecule has 1 aliphatic heterocycles. The highest BCUT2D eigenvalue weighted by atomic mass is 19.1. The van der Waals surface area contributed by atoms with E-state index in [9.17, 15) is 23.2 Å². The van der Waals surface area contributed by atoms with E-state index in [-0.39, 0.29) is 34.5 Å². The minimum Gasteiger partial charge on any atom is -0.460 e. The minimum atomic E-state index is -0.708. The number of primary amides is 2. The number of anilines is 4. The first kappa shape index (κ1) is 40.6. The summed E-state index contributed by atoms with van der Waals surface area (Å²) in [5, 5.41) is 3.04. The van der Waals surface area contributed by atoms with E-state index in [1.54, 1.807) is 24.4 Å². The molecule has 0 unspecified atom stereocenters. The van der Waals surface area contributed by atoms with Crippen LogP contribution in [0, 0.1) is 11.6 Å². The van der Waals surface area contributed by atoms with Gasteiger partial charge in [-0.2, -0.15) is 0 Å². The highest BCUT2D eigenvalue weighted by molar-refractivity contribution is 5.96. The predicted molar refractivity (Wildman–Crippen MR) is 198 cm³/mol. The first-order chi connectivity index (χ1) is 24.1. The van der Waals surface area contributed by atoms with E-state index in [0.717, 1.165) is 70.3 Å². The van der Waals surface area contributed by atoms with Crippen LogP contribution in [0.15, 0.2) is 42.6 Å². The fourth-order valence-corrected chi connectivity index (χ4v) is 5.63. The van der Waals surface area contributed by atoms with E-state index in [1.807, 2.05) is 25.7 Å². The van der Waals surface area contributed by atoms with E-state index in [4.69, 9.17) is 16.2 Å². The molecule has 2 aromatic carbocycles. The number of amides is 2. The summed E-state index contributed by atoms with van der Waals surface area (Å²) in [5.41, 5.74) is 12.2. The molecule has 278 valence electrons. The van der Waals surface area contributed by atoms with Gasteiger partial charge in [-0.05, 0) is 108 Å². The summed E-state index contributed by atoms with van der Waals surface area (Å²) >= 11 is 0. The van der Waals surface area contributed by atoms with Crippen LogP contribution < -0.4 is 26.6 Å². The molecule has 5 rings (SSSR count). The molecule has 1 saturated heterocycles. The lowest BCUT2D eigenvalue weighted by Crippen LogP contribution is -2.31. The lowest BCUT2D eigenvalue weighted by Gasteiger charge is -2.28. The third-order valence-corrected chi connectivity index (χ3v) is 7.97. The van der Waals surface area contributed by atoms with Gasteiger partial charge in [0, 0.05) is 38.8 Å². The smallest absolute Gasteiger partial charge is 0.303 e. The first-order valence-corrected chi connectivity index (χ1v) is 17.7. The summed E-state index contributed by atoms with van der Waals surface area (Å²) < 4.78 is 32.8. The van der Waals surface area contributed by atoms with Gasteiger partial charge in [0.25, 0.3) is 11.8 Å². The number of carbonyl (C=O) groups is 3. The van der Waals surface area contributed by atoms with Crippen LogP contribution >= 0.6 is 0 Å². The summed E-state index contributed by atoms with van der Waals surface area (Å²) in [7, 11) is 0. The number of halogens is 2. The van der Waals surface area contributed by atoms with Crippen molar-refractivity contribution >= 4 is 40.8 Å². The van der Waals surface area contributed by atoms with E-state index in [1.165, 1.54) is 31.5 Å². The van der Waals surface area contributed by atoms with Crippen LogP contribution in [0.3, 0.4) is 0 Å². The second-order valence-corrected chi connectivity index (χ2v) is 13.7. The van der Waals surface area contributed by atoms with Gasteiger partial charge in [-0.1, -0.05) is 19.9 Å². The van der Waals surface area contributed by atoms with Gasteiger partial charge in [0.05, 0.1) is 17.4 Å². The number of nitrogens with zero attached hydrogens (tertiary/aromatic N) is 4. The average molecular weight is 710 g/mol. The molecule has 3 aromatic rings. The predicted octanol–water partition coefficient (Wildman–Crippen LogP) is 7.22. The Bertz CT molecular complexity index is 1630. The number of carbonyl (C=O) groups excluding carboxylic acids is 3. The van der Waals surface area contributed by atoms with E-state index >= 15 is 0 Å². The molecule has 2 heterocycles. The van der Waals surface area contributed by atoms with Crippen molar-refractivity contribution < 1.29 is 27.9 Å². The molecule has 2 fully saturated rings. The number of ether oxygens (including phenoxy) is 1. The SMILES string of the molecule is CC(=O)OC(C)(C)C.CCCN(CCC)c1ccc(Nc2nc(N3CCCCC3)cnc2C(N)=O)cc1F.NC(=O)c1ccc(C2CC2)cc1F. The minimum absolute atomic E-state index is 0.0237. The Morgan fingerprint density at radius 3 is 2.06 bits per heavy atom. The van der Waals surface area contributed by atoms with Crippen LogP contribution in [0.25, 0.3) is 0 Å². The summed E-state index contributed by atoms with van der Waals surface area (Å²) in [5.74, 6) is -0.995. The van der Waals surface area contributed by atoms with Gasteiger partial charge < -0.3 is 31.3 Å². The topological polar surface area (TPSA) is 157 Å². The average Bonchev–Trinajstić information content (AvgIpc) is 3.90. The van der Waals surface area contributed by atoms with Gasteiger partial charge in [0.2, 0.25) is 0 Å². The third-order valence-electron chi connectivity index (χ3n) is 7.97. The number of esters is 1. The molecule has 2 aliphatic rings. The number of nitrogens with one attached hydrogen (secondary N) is 1. The van der Waals surface area contributed by atoms with E-state index in [0.29, 0.717) is 23.1 Å². The molecule has 0 atom stereocenters. The van der Waals surface area contributed by atoms with Crippen LogP contribution in [0.5, 0.6) is 0 Å². The molecular formula is C38H53F2N7O4. The zero-order valence-corrected chi connectivity index (χ0v) is 30.7. The molecule has 0 radical (unpaired) electrons. The first-order valence-electron chi connectivity index (χ1n) is 17.7. The van der Waals surface area contributed by atoms with Crippen LogP contribution in [-0.4, -0.2) is 59.5 Å². The van der Waals surface area contributed by atoms with Crippen molar-refractivity contribution in [1.82, 2.24) is 9.97 Å². The number of nitrogens with two attached hydrogens (primary N) is 2. The maximum atomic E-state index is 14.9. The largest absolute Gasteiger partial charge is 0.460 e. The molecule has 0 spiro atoms. The number of hydrogen-bond acceptors (Lipinski definition) is 9. The molecule has 11 nitrogen and oxygen atoms in total. The molecular weight excluding hydrogens is 656 g/mol. The third kappa shape index (κ3) is 13.1. The molecule has 1 aromatic heterocycles. The molecule has 51 heavy (non-hydrogen) atoms. The fraction of sp³-hybridized carbons (Fsp3) is 0.500. The van der Waals surface area contributed by atoms with Crippen LogP contribution in [0.4, 0.5) is 31.8 Å². The zero-order chi connectivity index (χ0) is 37.7. The van der Waals surface area contributed by atoms with Crippen molar-refractivity contribution in [3.8, 4) is 0 Å². The second-order valence-electron chi connectivity index (χ2n) is 13.7. The maximum Gasteiger partial charge on any atom is 0.303 e. The van der Waals surface area contributed by atoms with Crippen LogP contribution in [0.2, 0.25) is 0 Å². The van der Waals surface area contributed by atoms with Crippen molar-refractivity contribution in [2.75, 3.05) is 41.3 Å². The summed E-state index contributed by atoms with van der Waals surface area (Å²) in [4.78, 5) is 45.8. The van der Waals surface area contributed by atoms with Crippen molar-refractivity contribution in [3.05, 3.63) is 71.1 Å². The number of rotatable bonds is 11. The lowest BCUT2D eigenvalue weighted by molar-refractivity contribution is -0.151. The fourth-order valence-electron chi connectivity index (χ4n) is 5.63. The van der Waals surface area contributed by atoms with Gasteiger partial charge in [0.1, 0.15) is 23.1 Å². The Hall–Kier alpha value is -4.81. The molecule has 5 N–H and O–H groups in total. The Morgan fingerprint density at radius 1 is 0.941 bits per heavy atom. The number of hydrogen-bond donors (Lipinski definition) is 3. The highest BCUT2D eigenvalue weighted by Gasteiger charge is 2.24. The summed E-state index contributed by atoms with van der Waals surface area (Å²) in [6.07, 6.45) is 9.10. The van der Waals surface area contributed by atoms with E-state index in [2.05, 4.69) is 34.0 Å². The molecule has 13 heteroatoms. The number of aromatic nitrogens is 2. The highest BCUT2D eigenvalue weighted by Crippen LogP contribution is 2.40. The number of benzene rings is 2. The van der Waals surface area contributed by atoms with Crippen molar-refractivity contribution in [3.63, 3.8) is 0 Å². The normalized spacial score (nSPS) is 13.9. The second kappa shape index (κ2) is 19.0. The summed E-state index contributed by atoms with van der Waals surface area (Å²) in [6.45, 7) is 14.5. The van der Waals surface area contributed by atoms with Gasteiger partial charge in [0.15, 0.2) is 11.5 Å². The Balaban J connectivity index is 0.000000272. The Labute approximate surface area is 300 Å².